The number of aliphatic hydroxyl groups excluding tert-OH is 1. The van der Waals surface area contributed by atoms with Crippen molar-refractivity contribution in [1.82, 2.24) is 0 Å². The van der Waals surface area contributed by atoms with Crippen molar-refractivity contribution in [3.8, 4) is 0 Å². The van der Waals surface area contributed by atoms with E-state index in [9.17, 15) is 5.11 Å². The Labute approximate surface area is 129 Å². The summed E-state index contributed by atoms with van der Waals surface area (Å²) in [6.07, 6.45) is 4.35. The molecule has 0 bridgehead atoms. The first-order chi connectivity index (χ1) is 10.2. The van der Waals surface area contributed by atoms with Gasteiger partial charge in [-0.05, 0) is 31.9 Å². The summed E-state index contributed by atoms with van der Waals surface area (Å²) < 4.78 is 11.8. The quantitative estimate of drug-likeness (QED) is 0.877. The van der Waals surface area contributed by atoms with Gasteiger partial charge in [0.25, 0.3) is 0 Å². The van der Waals surface area contributed by atoms with E-state index in [0.29, 0.717) is 23.0 Å². The molecule has 4 heteroatoms. The molecule has 0 saturated heterocycles. The first-order valence-corrected chi connectivity index (χ1v) is 8.04. The van der Waals surface area contributed by atoms with Crippen LogP contribution in [0.2, 0.25) is 5.02 Å². The third-order valence-corrected chi connectivity index (χ3v) is 4.71. The molecule has 114 valence electrons. The van der Waals surface area contributed by atoms with Gasteiger partial charge in [0.1, 0.15) is 17.5 Å². The second-order valence-electron chi connectivity index (χ2n) is 5.77. The minimum Gasteiger partial charge on any atom is -0.457 e. The maximum atomic E-state index is 10.9. The SMILES string of the molecule is CCOC1(C(O)c2cc3cccc(Cl)c3o2)CCCCC1. The summed E-state index contributed by atoms with van der Waals surface area (Å²) in [6, 6.07) is 7.49. The Hall–Kier alpha value is -1.03. The van der Waals surface area contributed by atoms with Crippen LogP contribution in [0.4, 0.5) is 0 Å². The molecule has 3 rings (SSSR count). The zero-order valence-electron chi connectivity index (χ0n) is 12.3. The number of ether oxygens (including phenoxy) is 1. The monoisotopic (exact) mass is 308 g/mol. The number of benzene rings is 1. The Balaban J connectivity index is 1.97. The van der Waals surface area contributed by atoms with Crippen molar-refractivity contribution in [2.75, 3.05) is 6.61 Å². The van der Waals surface area contributed by atoms with Gasteiger partial charge in [0.05, 0.1) is 5.02 Å². The molecule has 1 aliphatic carbocycles. The molecule has 21 heavy (non-hydrogen) atoms. The van der Waals surface area contributed by atoms with Crippen LogP contribution < -0.4 is 0 Å². The number of para-hydroxylation sites is 1. The van der Waals surface area contributed by atoms with Crippen molar-refractivity contribution in [1.29, 1.82) is 0 Å². The molecule has 1 aromatic heterocycles. The van der Waals surface area contributed by atoms with Gasteiger partial charge >= 0.3 is 0 Å². The van der Waals surface area contributed by atoms with Crippen LogP contribution >= 0.6 is 11.6 Å². The molecule has 2 aromatic rings. The first kappa shape index (κ1) is 14.9. The van der Waals surface area contributed by atoms with Gasteiger partial charge in [-0.2, -0.15) is 0 Å². The average Bonchev–Trinajstić information content (AvgIpc) is 2.93. The molecular weight excluding hydrogens is 288 g/mol. The molecule has 1 unspecified atom stereocenters. The van der Waals surface area contributed by atoms with Crippen LogP contribution in [0.1, 0.15) is 50.9 Å². The van der Waals surface area contributed by atoms with Crippen LogP contribution in [0.5, 0.6) is 0 Å². The summed E-state index contributed by atoms with van der Waals surface area (Å²) in [7, 11) is 0. The van der Waals surface area contributed by atoms with Crippen LogP contribution in [0, 0.1) is 0 Å². The largest absolute Gasteiger partial charge is 0.457 e. The summed E-state index contributed by atoms with van der Waals surface area (Å²) in [4.78, 5) is 0. The summed E-state index contributed by atoms with van der Waals surface area (Å²) in [5.41, 5.74) is 0.114. The van der Waals surface area contributed by atoms with Gasteiger partial charge in [0.2, 0.25) is 0 Å². The van der Waals surface area contributed by atoms with Crippen LogP contribution in [0.25, 0.3) is 11.0 Å². The number of hydrogen-bond acceptors (Lipinski definition) is 3. The molecule has 0 spiro atoms. The molecule has 1 heterocycles. The van der Waals surface area contributed by atoms with E-state index in [0.717, 1.165) is 31.1 Å². The zero-order chi connectivity index (χ0) is 14.9. The summed E-state index contributed by atoms with van der Waals surface area (Å²) in [6.45, 7) is 2.57. The predicted molar refractivity (Wildman–Crippen MR) is 83.6 cm³/mol. The van der Waals surface area contributed by atoms with E-state index in [4.69, 9.17) is 20.8 Å². The third-order valence-electron chi connectivity index (χ3n) is 4.41. The number of furan rings is 1. The highest BCUT2D eigenvalue weighted by Gasteiger charge is 2.42. The van der Waals surface area contributed by atoms with Crippen LogP contribution in [0.15, 0.2) is 28.7 Å². The van der Waals surface area contributed by atoms with Gasteiger partial charge in [0, 0.05) is 12.0 Å². The molecule has 1 aliphatic rings. The van der Waals surface area contributed by atoms with Gasteiger partial charge in [0.15, 0.2) is 5.58 Å². The Kier molecular flexibility index (Phi) is 4.25. The van der Waals surface area contributed by atoms with E-state index in [1.807, 2.05) is 25.1 Å². The van der Waals surface area contributed by atoms with E-state index in [2.05, 4.69) is 0 Å². The molecule has 0 aliphatic heterocycles. The fourth-order valence-corrected chi connectivity index (χ4v) is 3.60. The van der Waals surface area contributed by atoms with Gasteiger partial charge < -0.3 is 14.3 Å². The third kappa shape index (κ3) is 2.70. The molecule has 0 radical (unpaired) electrons. The van der Waals surface area contributed by atoms with Crippen LogP contribution in [0.3, 0.4) is 0 Å². The highest BCUT2D eigenvalue weighted by atomic mass is 35.5. The van der Waals surface area contributed by atoms with Gasteiger partial charge in [-0.25, -0.2) is 0 Å². The average molecular weight is 309 g/mol. The van der Waals surface area contributed by atoms with Crippen molar-refractivity contribution in [2.24, 2.45) is 0 Å². The van der Waals surface area contributed by atoms with Gasteiger partial charge in [-0.15, -0.1) is 0 Å². The second-order valence-corrected chi connectivity index (χ2v) is 6.18. The van der Waals surface area contributed by atoms with Crippen molar-refractivity contribution < 1.29 is 14.3 Å². The van der Waals surface area contributed by atoms with Gasteiger partial charge in [-0.3, -0.25) is 0 Å². The van der Waals surface area contributed by atoms with Crippen molar-refractivity contribution in [3.63, 3.8) is 0 Å². The Morgan fingerprint density at radius 1 is 1.33 bits per heavy atom. The van der Waals surface area contributed by atoms with Crippen molar-refractivity contribution in [2.45, 2.75) is 50.7 Å². The molecule has 1 aromatic carbocycles. The molecule has 1 N–H and O–H groups in total. The normalized spacial score (nSPS) is 19.8. The number of halogens is 1. The lowest BCUT2D eigenvalue weighted by Crippen LogP contribution is -2.41. The van der Waals surface area contributed by atoms with E-state index >= 15 is 0 Å². The lowest BCUT2D eigenvalue weighted by molar-refractivity contribution is -0.147. The van der Waals surface area contributed by atoms with E-state index in [1.165, 1.54) is 6.42 Å². The Bertz CT molecular complexity index is 608. The predicted octanol–water partition coefficient (Wildman–Crippen LogP) is 4.86. The first-order valence-electron chi connectivity index (χ1n) is 7.66. The number of fused-ring (bicyclic) bond motifs is 1. The lowest BCUT2D eigenvalue weighted by atomic mass is 9.79. The zero-order valence-corrected chi connectivity index (χ0v) is 13.0. The number of aliphatic hydroxyl groups is 1. The molecule has 1 atom stereocenters. The maximum absolute atomic E-state index is 10.9. The highest BCUT2D eigenvalue weighted by molar-refractivity contribution is 6.34. The molecule has 1 fully saturated rings. The molecule has 0 amide bonds. The second kappa shape index (κ2) is 5.99. The summed E-state index contributed by atoms with van der Waals surface area (Å²) in [5, 5.41) is 12.3. The Morgan fingerprint density at radius 2 is 2.10 bits per heavy atom. The van der Waals surface area contributed by atoms with Crippen LogP contribution in [-0.2, 0) is 4.74 Å². The van der Waals surface area contributed by atoms with Gasteiger partial charge in [-0.1, -0.05) is 43.0 Å². The van der Waals surface area contributed by atoms with E-state index in [1.54, 1.807) is 6.07 Å². The molecular formula is C17H21ClO3. The summed E-state index contributed by atoms with van der Waals surface area (Å²) >= 11 is 6.15. The minimum absolute atomic E-state index is 0.520. The summed E-state index contributed by atoms with van der Waals surface area (Å²) in [5.74, 6) is 0.549. The van der Waals surface area contributed by atoms with E-state index in [-0.39, 0.29) is 0 Å². The smallest absolute Gasteiger partial charge is 0.152 e. The number of rotatable bonds is 4. The minimum atomic E-state index is -0.749. The van der Waals surface area contributed by atoms with Crippen LogP contribution in [-0.4, -0.2) is 17.3 Å². The maximum Gasteiger partial charge on any atom is 0.152 e. The fraction of sp³-hybridized carbons (Fsp3) is 0.529. The fourth-order valence-electron chi connectivity index (χ4n) is 3.38. The topological polar surface area (TPSA) is 42.6 Å². The standard InChI is InChI=1S/C17H21ClO3/c1-2-20-17(9-4-3-5-10-17)16(19)14-11-12-7-6-8-13(18)15(12)21-14/h6-8,11,16,19H,2-5,9-10H2,1H3. The highest BCUT2D eigenvalue weighted by Crippen LogP contribution is 2.43. The van der Waals surface area contributed by atoms with Crippen molar-refractivity contribution in [3.05, 3.63) is 35.0 Å². The Morgan fingerprint density at radius 3 is 2.76 bits per heavy atom. The molecule has 3 nitrogen and oxygen atoms in total. The number of hydrogen-bond donors (Lipinski definition) is 1. The molecule has 1 saturated carbocycles. The van der Waals surface area contributed by atoms with E-state index < -0.39 is 11.7 Å². The van der Waals surface area contributed by atoms with Crippen molar-refractivity contribution >= 4 is 22.6 Å². The lowest BCUT2D eigenvalue weighted by Gasteiger charge is -2.39.